The van der Waals surface area contributed by atoms with Crippen molar-refractivity contribution in [1.82, 2.24) is 4.90 Å². The molecule has 6 nitrogen and oxygen atoms in total. The predicted molar refractivity (Wildman–Crippen MR) is 97.4 cm³/mol. The first-order chi connectivity index (χ1) is 12.5. The minimum Gasteiger partial charge on any atom is -0.476 e. The minimum atomic E-state index is -0.756. The molecule has 2 amide bonds. The highest BCUT2D eigenvalue weighted by Gasteiger charge is 2.35. The number of anilines is 1. The largest absolute Gasteiger partial charge is 0.476 e. The fourth-order valence-corrected chi connectivity index (χ4v) is 3.06. The van der Waals surface area contributed by atoms with Gasteiger partial charge in [-0.3, -0.25) is 14.5 Å². The Bertz CT molecular complexity index is 959. The number of carbonyl (C=O) groups is 2. The van der Waals surface area contributed by atoms with Gasteiger partial charge in [0.25, 0.3) is 11.8 Å². The number of carbonyl (C=O) groups excluding carboxylic acids is 2. The van der Waals surface area contributed by atoms with Crippen LogP contribution in [0.25, 0.3) is 11.0 Å². The van der Waals surface area contributed by atoms with Gasteiger partial charge < -0.3 is 14.1 Å². The van der Waals surface area contributed by atoms with E-state index in [0.717, 1.165) is 5.39 Å². The Morgan fingerprint density at radius 2 is 1.81 bits per heavy atom. The topological polar surface area (TPSA) is 63.0 Å². The molecule has 0 spiro atoms. The highest BCUT2D eigenvalue weighted by atomic mass is 16.5. The minimum absolute atomic E-state index is 0.129. The molecule has 1 atom stereocenters. The van der Waals surface area contributed by atoms with E-state index in [1.54, 1.807) is 37.2 Å². The molecule has 3 aromatic rings. The Labute approximate surface area is 150 Å². The molecule has 2 aromatic carbocycles. The number of furan rings is 1. The van der Waals surface area contributed by atoms with Gasteiger partial charge in [0.2, 0.25) is 0 Å². The van der Waals surface area contributed by atoms with Crippen molar-refractivity contribution in [2.24, 2.45) is 0 Å². The van der Waals surface area contributed by atoms with E-state index in [2.05, 4.69) is 0 Å². The molecule has 2 heterocycles. The van der Waals surface area contributed by atoms with Gasteiger partial charge in [-0.2, -0.15) is 0 Å². The maximum atomic E-state index is 13.1. The third-order valence-corrected chi connectivity index (χ3v) is 4.37. The number of amides is 2. The van der Waals surface area contributed by atoms with Gasteiger partial charge in [-0.1, -0.05) is 30.3 Å². The van der Waals surface area contributed by atoms with Gasteiger partial charge in [0.1, 0.15) is 11.3 Å². The lowest BCUT2D eigenvalue weighted by molar-refractivity contribution is -0.135. The summed E-state index contributed by atoms with van der Waals surface area (Å²) in [5.41, 5.74) is 1.28. The Kier molecular flexibility index (Phi) is 3.88. The Hall–Kier alpha value is -3.28. The maximum absolute atomic E-state index is 13.1. The van der Waals surface area contributed by atoms with E-state index in [1.807, 2.05) is 36.4 Å². The van der Waals surface area contributed by atoms with E-state index in [0.29, 0.717) is 17.0 Å². The monoisotopic (exact) mass is 350 g/mol. The van der Waals surface area contributed by atoms with E-state index in [4.69, 9.17) is 9.15 Å². The molecule has 132 valence electrons. The summed E-state index contributed by atoms with van der Waals surface area (Å²) in [4.78, 5) is 28.5. The van der Waals surface area contributed by atoms with E-state index in [1.165, 1.54) is 4.90 Å². The third kappa shape index (κ3) is 2.69. The fourth-order valence-electron chi connectivity index (χ4n) is 3.06. The van der Waals surface area contributed by atoms with Gasteiger partial charge in [-0.05, 0) is 24.3 Å². The molecule has 0 aliphatic carbocycles. The molecule has 0 N–H and O–H groups in total. The highest BCUT2D eigenvalue weighted by Crippen LogP contribution is 2.35. The van der Waals surface area contributed by atoms with Crippen molar-refractivity contribution in [2.45, 2.75) is 6.10 Å². The van der Waals surface area contributed by atoms with Crippen LogP contribution in [-0.4, -0.2) is 43.5 Å². The average molecular weight is 350 g/mol. The summed E-state index contributed by atoms with van der Waals surface area (Å²) in [6, 6.07) is 16.4. The summed E-state index contributed by atoms with van der Waals surface area (Å²) in [7, 11) is 3.33. The molecule has 0 fully saturated rings. The molecular weight excluding hydrogens is 332 g/mol. The molecule has 0 saturated carbocycles. The first-order valence-electron chi connectivity index (χ1n) is 8.32. The number of ether oxygens (including phenoxy) is 1. The zero-order valence-corrected chi connectivity index (χ0v) is 14.5. The number of para-hydroxylation sites is 3. The van der Waals surface area contributed by atoms with E-state index >= 15 is 0 Å². The first kappa shape index (κ1) is 16.2. The van der Waals surface area contributed by atoms with Gasteiger partial charge in [-0.15, -0.1) is 0 Å². The van der Waals surface area contributed by atoms with Crippen LogP contribution in [0.5, 0.6) is 5.75 Å². The summed E-state index contributed by atoms with van der Waals surface area (Å²) in [6.45, 7) is 0.129. The lowest BCUT2D eigenvalue weighted by atomic mass is 10.1. The quantitative estimate of drug-likeness (QED) is 0.713. The molecule has 0 unspecified atom stereocenters. The van der Waals surface area contributed by atoms with Crippen LogP contribution in [-0.2, 0) is 4.79 Å². The molecule has 1 aliphatic heterocycles. The van der Waals surface area contributed by atoms with Crippen LogP contribution in [0.3, 0.4) is 0 Å². The van der Waals surface area contributed by atoms with Crippen LogP contribution in [0.2, 0.25) is 0 Å². The second-order valence-corrected chi connectivity index (χ2v) is 6.37. The summed E-state index contributed by atoms with van der Waals surface area (Å²) in [5.74, 6) is 0.248. The fraction of sp³-hybridized carbons (Fsp3) is 0.200. The van der Waals surface area contributed by atoms with Crippen LogP contribution in [0.4, 0.5) is 5.69 Å². The Balaban J connectivity index is 1.73. The van der Waals surface area contributed by atoms with Crippen molar-refractivity contribution in [3.63, 3.8) is 0 Å². The SMILES string of the molecule is CN(C)C(=O)[C@@H]1CN(C(=O)c2cc3ccccc3o2)c2ccccc2O1. The number of rotatable bonds is 2. The van der Waals surface area contributed by atoms with Gasteiger partial charge in [-0.25, -0.2) is 0 Å². The molecular formula is C20H18N2O4. The van der Waals surface area contributed by atoms with Crippen LogP contribution >= 0.6 is 0 Å². The van der Waals surface area contributed by atoms with Crippen molar-refractivity contribution < 1.29 is 18.7 Å². The summed E-state index contributed by atoms with van der Waals surface area (Å²) >= 11 is 0. The van der Waals surface area contributed by atoms with Gasteiger partial charge in [0.15, 0.2) is 11.9 Å². The lowest BCUT2D eigenvalue weighted by Gasteiger charge is -2.34. The number of nitrogens with zero attached hydrogens (tertiary/aromatic N) is 2. The first-order valence-corrected chi connectivity index (χ1v) is 8.32. The lowest BCUT2D eigenvalue weighted by Crippen LogP contribution is -2.50. The van der Waals surface area contributed by atoms with Gasteiger partial charge >= 0.3 is 0 Å². The van der Waals surface area contributed by atoms with Crippen molar-refractivity contribution >= 4 is 28.5 Å². The van der Waals surface area contributed by atoms with Crippen molar-refractivity contribution in [3.05, 3.63) is 60.4 Å². The Morgan fingerprint density at radius 1 is 1.08 bits per heavy atom. The molecule has 6 heteroatoms. The molecule has 26 heavy (non-hydrogen) atoms. The van der Waals surface area contributed by atoms with Gasteiger partial charge in [0, 0.05) is 19.5 Å². The second-order valence-electron chi connectivity index (χ2n) is 6.37. The van der Waals surface area contributed by atoms with Crippen molar-refractivity contribution in [3.8, 4) is 5.75 Å². The second kappa shape index (κ2) is 6.22. The number of hydrogen-bond acceptors (Lipinski definition) is 4. The van der Waals surface area contributed by atoms with Crippen LogP contribution in [0.1, 0.15) is 10.6 Å². The Morgan fingerprint density at radius 3 is 2.58 bits per heavy atom. The predicted octanol–water partition coefficient (Wildman–Crippen LogP) is 2.93. The number of fused-ring (bicyclic) bond motifs is 2. The number of benzene rings is 2. The van der Waals surface area contributed by atoms with E-state index < -0.39 is 6.10 Å². The summed E-state index contributed by atoms with van der Waals surface area (Å²) in [5, 5.41) is 0.860. The van der Waals surface area contributed by atoms with Crippen molar-refractivity contribution in [1.29, 1.82) is 0 Å². The van der Waals surface area contributed by atoms with Crippen LogP contribution in [0, 0.1) is 0 Å². The molecule has 0 saturated heterocycles. The average Bonchev–Trinajstić information content (AvgIpc) is 3.10. The zero-order chi connectivity index (χ0) is 18.3. The highest BCUT2D eigenvalue weighted by molar-refractivity contribution is 6.08. The zero-order valence-electron chi connectivity index (χ0n) is 14.5. The van der Waals surface area contributed by atoms with E-state index in [9.17, 15) is 9.59 Å². The van der Waals surface area contributed by atoms with Gasteiger partial charge in [0.05, 0.1) is 12.2 Å². The maximum Gasteiger partial charge on any atom is 0.294 e. The molecule has 4 rings (SSSR count). The standard InChI is InChI=1S/C20H18N2O4/c1-21(2)19(23)18-12-22(14-8-4-6-10-16(14)26-18)20(24)17-11-13-7-3-5-9-15(13)25-17/h3-11,18H,12H2,1-2H3/t18-/m0/s1. The smallest absolute Gasteiger partial charge is 0.294 e. The van der Waals surface area contributed by atoms with Crippen LogP contribution < -0.4 is 9.64 Å². The van der Waals surface area contributed by atoms with E-state index in [-0.39, 0.29) is 24.1 Å². The third-order valence-electron chi connectivity index (χ3n) is 4.37. The summed E-state index contributed by atoms with van der Waals surface area (Å²) in [6.07, 6.45) is -0.756. The molecule has 1 aliphatic rings. The normalized spacial score (nSPS) is 16.1. The molecule has 1 aromatic heterocycles. The number of likely N-dealkylation sites (N-methyl/N-ethyl adjacent to an activating group) is 1. The molecule has 0 bridgehead atoms. The number of hydrogen-bond donors (Lipinski definition) is 0. The van der Waals surface area contributed by atoms with Crippen LogP contribution in [0.15, 0.2) is 59.0 Å². The summed E-state index contributed by atoms with van der Waals surface area (Å²) < 4.78 is 11.5. The van der Waals surface area contributed by atoms with Crippen molar-refractivity contribution in [2.75, 3.05) is 25.5 Å². The molecule has 0 radical (unpaired) electrons.